The Morgan fingerprint density at radius 3 is 2.26 bits per heavy atom. The highest BCUT2D eigenvalue weighted by atomic mass is 16.2. The summed E-state index contributed by atoms with van der Waals surface area (Å²) in [7, 11) is 0. The average Bonchev–Trinajstić information content (AvgIpc) is 3.53. The number of benzene rings is 3. The molecule has 1 saturated heterocycles. The van der Waals surface area contributed by atoms with Gasteiger partial charge in [0.1, 0.15) is 0 Å². The number of hydrogen-bond donors (Lipinski definition) is 3. The second-order valence-corrected chi connectivity index (χ2v) is 10.9. The number of rotatable bonds is 11. The lowest BCUT2D eigenvalue weighted by atomic mass is 9.90. The van der Waals surface area contributed by atoms with Gasteiger partial charge in [0.2, 0.25) is 5.91 Å². The first-order chi connectivity index (χ1) is 20.6. The van der Waals surface area contributed by atoms with Gasteiger partial charge in [0.05, 0.1) is 12.2 Å². The van der Waals surface area contributed by atoms with E-state index in [1.165, 1.54) is 11.1 Å². The van der Waals surface area contributed by atoms with Crippen molar-refractivity contribution in [3.8, 4) is 5.69 Å². The van der Waals surface area contributed by atoms with Crippen LogP contribution in [0.1, 0.15) is 59.2 Å². The number of aromatic nitrogens is 1. The maximum absolute atomic E-state index is 13.9. The molecular weight excluding hydrogens is 522 g/mol. The van der Waals surface area contributed by atoms with Crippen molar-refractivity contribution >= 4 is 11.8 Å². The van der Waals surface area contributed by atoms with Crippen LogP contribution in [0.4, 0.5) is 0 Å². The van der Waals surface area contributed by atoms with Crippen molar-refractivity contribution in [2.45, 2.75) is 50.7 Å². The third-order valence-electron chi connectivity index (χ3n) is 8.11. The van der Waals surface area contributed by atoms with E-state index in [-0.39, 0.29) is 23.9 Å². The lowest BCUT2D eigenvalue weighted by Crippen LogP contribution is -2.51. The molecule has 2 heterocycles. The molecule has 2 amide bonds. The monoisotopic (exact) mass is 563 g/mol. The number of amides is 2. The zero-order valence-corrected chi connectivity index (χ0v) is 24.3. The predicted octanol–water partition coefficient (Wildman–Crippen LogP) is 4.86. The van der Waals surface area contributed by atoms with E-state index in [4.69, 9.17) is 5.73 Å². The Kier molecular flexibility index (Phi) is 9.85. The molecule has 4 aromatic rings. The molecule has 2 atom stereocenters. The first kappa shape index (κ1) is 29.3. The summed E-state index contributed by atoms with van der Waals surface area (Å²) in [6.45, 7) is 3.71. The topological polar surface area (TPSA) is 92.4 Å². The number of nitrogens with zero attached hydrogens (tertiary/aromatic N) is 2. The lowest BCUT2D eigenvalue weighted by Gasteiger charge is -2.29. The Bertz CT molecular complexity index is 1400. The van der Waals surface area contributed by atoms with E-state index in [2.05, 4.69) is 46.4 Å². The summed E-state index contributed by atoms with van der Waals surface area (Å²) in [5, 5.41) is 6.64. The Morgan fingerprint density at radius 2 is 1.64 bits per heavy atom. The van der Waals surface area contributed by atoms with Crippen LogP contribution < -0.4 is 16.4 Å². The van der Waals surface area contributed by atoms with Gasteiger partial charge in [-0.25, -0.2) is 0 Å². The minimum absolute atomic E-state index is 0.0453. The first-order valence-corrected chi connectivity index (χ1v) is 15.0. The summed E-state index contributed by atoms with van der Waals surface area (Å²) in [5.74, 6) is -0.0449. The number of carbonyl (C=O) groups excluding carboxylic acids is 2. The molecule has 0 aliphatic carbocycles. The molecule has 1 aliphatic heterocycles. The third kappa shape index (κ3) is 6.98. The van der Waals surface area contributed by atoms with Crippen molar-refractivity contribution in [2.24, 2.45) is 5.73 Å². The van der Waals surface area contributed by atoms with Gasteiger partial charge in [0, 0.05) is 42.7 Å². The van der Waals surface area contributed by atoms with E-state index in [0.717, 1.165) is 24.1 Å². The van der Waals surface area contributed by atoms with Gasteiger partial charge in [0.15, 0.2) is 0 Å². The number of hydrogen-bond acceptors (Lipinski definition) is 4. The van der Waals surface area contributed by atoms with Gasteiger partial charge in [-0.1, -0.05) is 67.6 Å². The van der Waals surface area contributed by atoms with E-state index in [1.807, 2.05) is 84.0 Å². The maximum atomic E-state index is 13.9. The smallest absolute Gasteiger partial charge is 0.252 e. The highest BCUT2D eigenvalue weighted by Gasteiger charge is 2.33. The molecule has 0 spiro atoms. The summed E-state index contributed by atoms with van der Waals surface area (Å²) in [6, 6.07) is 30.1. The molecule has 5 rings (SSSR count). The molecule has 218 valence electrons. The largest absolute Gasteiger partial charge is 0.340 e. The molecule has 0 saturated carbocycles. The van der Waals surface area contributed by atoms with Gasteiger partial charge >= 0.3 is 0 Å². The van der Waals surface area contributed by atoms with Crippen molar-refractivity contribution in [3.63, 3.8) is 0 Å². The summed E-state index contributed by atoms with van der Waals surface area (Å²) < 4.78 is 2.06. The number of carbonyl (C=O) groups is 2. The molecule has 42 heavy (non-hydrogen) atoms. The quantitative estimate of drug-likeness (QED) is 0.243. The van der Waals surface area contributed by atoms with Gasteiger partial charge in [0.25, 0.3) is 5.91 Å². The molecular formula is C35H41N5O2. The van der Waals surface area contributed by atoms with Crippen molar-refractivity contribution in [1.82, 2.24) is 20.1 Å². The SMILES string of the molecule is CCc1cc(C(=O)N[C@H]2CCN(CC(c3ccccc3)c3ccccc3)C(=O)[C@H](CCCN)N2)ccc1-n1cccc1. The van der Waals surface area contributed by atoms with Gasteiger partial charge in [-0.15, -0.1) is 0 Å². The fraction of sp³-hybridized carbons (Fsp3) is 0.314. The summed E-state index contributed by atoms with van der Waals surface area (Å²) in [5.41, 5.74) is 11.0. The Hall–Kier alpha value is -4.20. The Balaban J connectivity index is 1.34. The van der Waals surface area contributed by atoms with Crippen LogP contribution in [0.15, 0.2) is 103 Å². The van der Waals surface area contributed by atoms with Crippen LogP contribution in [-0.4, -0.2) is 53.1 Å². The van der Waals surface area contributed by atoms with Crippen LogP contribution in [0.25, 0.3) is 5.69 Å². The molecule has 7 nitrogen and oxygen atoms in total. The molecule has 0 bridgehead atoms. The van der Waals surface area contributed by atoms with Crippen molar-refractivity contribution in [2.75, 3.05) is 19.6 Å². The first-order valence-electron chi connectivity index (χ1n) is 15.0. The summed E-state index contributed by atoms with van der Waals surface area (Å²) in [6.07, 6.45) is 6.43. The average molecular weight is 564 g/mol. The normalized spacial score (nSPS) is 17.3. The second kappa shape index (κ2) is 14.1. The molecule has 0 unspecified atom stereocenters. The van der Waals surface area contributed by atoms with Gasteiger partial charge in [-0.2, -0.15) is 0 Å². The summed E-state index contributed by atoms with van der Waals surface area (Å²) >= 11 is 0. The summed E-state index contributed by atoms with van der Waals surface area (Å²) in [4.78, 5) is 29.3. The third-order valence-corrected chi connectivity index (χ3v) is 8.11. The number of nitrogens with two attached hydrogens (primary N) is 1. The van der Waals surface area contributed by atoms with E-state index < -0.39 is 6.04 Å². The van der Waals surface area contributed by atoms with E-state index in [9.17, 15) is 9.59 Å². The molecule has 0 radical (unpaired) electrons. The maximum Gasteiger partial charge on any atom is 0.252 e. The minimum atomic E-state index is -0.420. The van der Waals surface area contributed by atoms with Crippen LogP contribution >= 0.6 is 0 Å². The fourth-order valence-corrected chi connectivity index (χ4v) is 5.83. The van der Waals surface area contributed by atoms with Gasteiger partial charge in [-0.3, -0.25) is 14.9 Å². The van der Waals surface area contributed by atoms with Crippen LogP contribution in [0.3, 0.4) is 0 Å². The highest BCUT2D eigenvalue weighted by molar-refractivity contribution is 5.95. The van der Waals surface area contributed by atoms with Crippen LogP contribution in [0.2, 0.25) is 0 Å². The lowest BCUT2D eigenvalue weighted by molar-refractivity contribution is -0.133. The molecule has 7 heteroatoms. The van der Waals surface area contributed by atoms with Gasteiger partial charge in [-0.05, 0) is 79.3 Å². The van der Waals surface area contributed by atoms with Crippen molar-refractivity contribution < 1.29 is 9.59 Å². The minimum Gasteiger partial charge on any atom is -0.340 e. The van der Waals surface area contributed by atoms with Crippen molar-refractivity contribution in [3.05, 3.63) is 126 Å². The van der Waals surface area contributed by atoms with E-state index in [1.54, 1.807) is 0 Å². The van der Waals surface area contributed by atoms with Crippen LogP contribution in [0, 0.1) is 0 Å². The molecule has 1 aliphatic rings. The standard InChI is InChI=1S/C35H41N5O2/c1-2-26-24-29(17-18-32(26)39-21-9-10-22-39)34(41)38-33-19-23-40(35(42)31(37-33)16-11-20-36)25-30(27-12-5-3-6-13-27)28-14-7-4-8-15-28/h3-10,12-15,17-18,21-22,24,30-31,33,37H,2,11,16,19-20,23,25,36H2,1H3,(H,38,41)/t31-,33-/m0/s1. The number of nitrogens with one attached hydrogen (secondary N) is 2. The zero-order chi connectivity index (χ0) is 29.3. The molecule has 4 N–H and O–H groups in total. The predicted molar refractivity (Wildman–Crippen MR) is 168 cm³/mol. The van der Waals surface area contributed by atoms with Crippen LogP contribution in [0.5, 0.6) is 0 Å². The molecule has 3 aromatic carbocycles. The van der Waals surface area contributed by atoms with E-state index in [0.29, 0.717) is 38.0 Å². The molecule has 1 aromatic heterocycles. The van der Waals surface area contributed by atoms with Crippen molar-refractivity contribution in [1.29, 1.82) is 0 Å². The Labute approximate surface area is 248 Å². The van der Waals surface area contributed by atoms with E-state index >= 15 is 0 Å². The zero-order valence-electron chi connectivity index (χ0n) is 24.3. The van der Waals surface area contributed by atoms with Crippen LogP contribution in [-0.2, 0) is 11.2 Å². The van der Waals surface area contributed by atoms with Gasteiger partial charge < -0.3 is 20.5 Å². The highest BCUT2D eigenvalue weighted by Crippen LogP contribution is 2.27. The fourth-order valence-electron chi connectivity index (χ4n) is 5.83. The molecule has 1 fully saturated rings. The second-order valence-electron chi connectivity index (χ2n) is 10.9. The Morgan fingerprint density at radius 1 is 0.976 bits per heavy atom. The number of aryl methyl sites for hydroxylation is 1.